The second kappa shape index (κ2) is 11.6. The van der Waals surface area contributed by atoms with Crippen LogP contribution in [0.15, 0.2) is 33.9 Å². The Labute approximate surface area is 191 Å². The van der Waals surface area contributed by atoms with Gasteiger partial charge in [-0.3, -0.25) is 14.6 Å². The van der Waals surface area contributed by atoms with Crippen LogP contribution in [0.2, 0.25) is 0 Å². The number of halogens is 1. The number of rotatable bonds is 8. The molecule has 1 fully saturated rings. The first kappa shape index (κ1) is 23.7. The standard InChI is InChI=1S/C21H34N6O.HI/c1-16(15-27-18(3)12-17(2)25-27)13-23-21(22-4)24-14-19(20-8-7-11-28-20)26-9-5-6-10-26;/h7-8,11-12,16,19H,5-6,9-10,13-15H2,1-4H3,(H2,22,23,24);1H. The quantitative estimate of drug-likeness (QED) is 0.321. The van der Waals surface area contributed by atoms with Gasteiger partial charge < -0.3 is 15.1 Å². The van der Waals surface area contributed by atoms with Crippen LogP contribution in [-0.2, 0) is 6.54 Å². The average Bonchev–Trinajstić information content (AvgIpc) is 3.42. The van der Waals surface area contributed by atoms with Gasteiger partial charge in [0.25, 0.3) is 0 Å². The normalized spacial score (nSPS) is 17.0. The van der Waals surface area contributed by atoms with E-state index in [0.29, 0.717) is 5.92 Å². The SMILES string of the molecule is CN=C(NCC(C)Cn1nc(C)cc1C)NCC(c1ccco1)N1CCCC1.I. The molecule has 8 heteroatoms. The summed E-state index contributed by atoms with van der Waals surface area (Å²) in [5.41, 5.74) is 2.28. The Balaban J connectivity index is 0.00000300. The van der Waals surface area contributed by atoms with Gasteiger partial charge in [0.1, 0.15) is 5.76 Å². The van der Waals surface area contributed by atoms with Crippen molar-refractivity contribution >= 4 is 29.9 Å². The fourth-order valence-electron chi connectivity index (χ4n) is 3.85. The molecule has 2 atom stereocenters. The number of furan rings is 1. The summed E-state index contributed by atoms with van der Waals surface area (Å²) in [4.78, 5) is 6.88. The molecular weight excluding hydrogens is 479 g/mol. The van der Waals surface area contributed by atoms with Crippen molar-refractivity contribution < 1.29 is 4.42 Å². The zero-order valence-electron chi connectivity index (χ0n) is 18.0. The lowest BCUT2D eigenvalue weighted by Crippen LogP contribution is -2.44. The maximum Gasteiger partial charge on any atom is 0.191 e. The zero-order chi connectivity index (χ0) is 19.9. The molecule has 162 valence electrons. The van der Waals surface area contributed by atoms with E-state index >= 15 is 0 Å². The highest BCUT2D eigenvalue weighted by Crippen LogP contribution is 2.24. The third-order valence-electron chi connectivity index (χ3n) is 5.35. The van der Waals surface area contributed by atoms with Crippen LogP contribution in [0.4, 0.5) is 0 Å². The van der Waals surface area contributed by atoms with Crippen LogP contribution >= 0.6 is 24.0 Å². The number of aryl methyl sites for hydroxylation is 2. The molecule has 0 radical (unpaired) electrons. The van der Waals surface area contributed by atoms with E-state index in [1.165, 1.54) is 18.5 Å². The Morgan fingerprint density at radius 1 is 1.24 bits per heavy atom. The number of nitrogens with one attached hydrogen (secondary N) is 2. The topological polar surface area (TPSA) is 70.6 Å². The Morgan fingerprint density at radius 3 is 2.55 bits per heavy atom. The van der Waals surface area contributed by atoms with Crippen molar-refractivity contribution in [1.29, 1.82) is 0 Å². The van der Waals surface area contributed by atoms with Crippen molar-refractivity contribution in [2.24, 2.45) is 10.9 Å². The van der Waals surface area contributed by atoms with Gasteiger partial charge in [-0.2, -0.15) is 5.10 Å². The van der Waals surface area contributed by atoms with E-state index in [1.54, 1.807) is 6.26 Å². The first-order valence-electron chi connectivity index (χ1n) is 10.3. The Bertz CT molecular complexity index is 751. The summed E-state index contributed by atoms with van der Waals surface area (Å²) < 4.78 is 7.78. The van der Waals surface area contributed by atoms with Gasteiger partial charge in [-0.15, -0.1) is 24.0 Å². The van der Waals surface area contributed by atoms with E-state index in [4.69, 9.17) is 4.42 Å². The van der Waals surface area contributed by atoms with E-state index < -0.39 is 0 Å². The molecule has 29 heavy (non-hydrogen) atoms. The van der Waals surface area contributed by atoms with E-state index in [9.17, 15) is 0 Å². The van der Waals surface area contributed by atoms with Crippen molar-refractivity contribution in [2.45, 2.75) is 46.2 Å². The van der Waals surface area contributed by atoms with Gasteiger partial charge in [0.2, 0.25) is 0 Å². The molecule has 1 aliphatic heterocycles. The predicted molar refractivity (Wildman–Crippen MR) is 128 cm³/mol. The van der Waals surface area contributed by atoms with Crippen LogP contribution < -0.4 is 10.6 Å². The largest absolute Gasteiger partial charge is 0.468 e. The first-order valence-corrected chi connectivity index (χ1v) is 10.3. The first-order chi connectivity index (χ1) is 13.6. The van der Waals surface area contributed by atoms with Gasteiger partial charge in [0.05, 0.1) is 18.0 Å². The van der Waals surface area contributed by atoms with E-state index in [0.717, 1.165) is 50.1 Å². The van der Waals surface area contributed by atoms with Crippen LogP contribution in [0.1, 0.15) is 43.0 Å². The number of aliphatic imine (C=N–C) groups is 1. The molecule has 3 rings (SSSR count). The van der Waals surface area contributed by atoms with Gasteiger partial charge in [0, 0.05) is 32.4 Å². The van der Waals surface area contributed by atoms with Gasteiger partial charge in [-0.05, 0) is 63.9 Å². The van der Waals surface area contributed by atoms with Gasteiger partial charge in [-0.1, -0.05) is 6.92 Å². The van der Waals surface area contributed by atoms with Gasteiger partial charge in [-0.25, -0.2) is 0 Å². The summed E-state index contributed by atoms with van der Waals surface area (Å²) in [6.45, 7) is 11.1. The Morgan fingerprint density at radius 2 is 1.97 bits per heavy atom. The molecule has 2 N–H and O–H groups in total. The minimum atomic E-state index is 0. The molecule has 0 spiro atoms. The molecule has 1 aliphatic rings. The molecule has 2 unspecified atom stereocenters. The van der Waals surface area contributed by atoms with Crippen LogP contribution in [0.25, 0.3) is 0 Å². The van der Waals surface area contributed by atoms with Gasteiger partial charge in [0.15, 0.2) is 5.96 Å². The highest BCUT2D eigenvalue weighted by Gasteiger charge is 2.25. The van der Waals surface area contributed by atoms with E-state index in [1.807, 2.05) is 20.0 Å². The second-order valence-corrected chi connectivity index (χ2v) is 7.82. The van der Waals surface area contributed by atoms with E-state index in [2.05, 4.69) is 56.3 Å². The fraction of sp³-hybridized carbons (Fsp3) is 0.619. The molecule has 0 amide bonds. The minimum Gasteiger partial charge on any atom is -0.468 e. The summed E-state index contributed by atoms with van der Waals surface area (Å²) >= 11 is 0. The van der Waals surface area contributed by atoms with Crippen molar-refractivity contribution in [1.82, 2.24) is 25.3 Å². The maximum atomic E-state index is 5.70. The number of nitrogens with zero attached hydrogens (tertiary/aromatic N) is 4. The highest BCUT2D eigenvalue weighted by atomic mass is 127. The van der Waals surface area contributed by atoms with Crippen molar-refractivity contribution in [3.8, 4) is 0 Å². The molecule has 2 aromatic heterocycles. The molecule has 7 nitrogen and oxygen atoms in total. The van der Waals surface area contributed by atoms with Crippen LogP contribution in [0.3, 0.4) is 0 Å². The minimum absolute atomic E-state index is 0. The molecule has 0 aromatic carbocycles. The second-order valence-electron chi connectivity index (χ2n) is 7.82. The number of hydrogen-bond donors (Lipinski definition) is 2. The molecule has 0 aliphatic carbocycles. The summed E-state index contributed by atoms with van der Waals surface area (Å²) in [6, 6.07) is 6.39. The van der Waals surface area contributed by atoms with Crippen LogP contribution in [0, 0.1) is 19.8 Å². The molecule has 0 bridgehead atoms. The number of guanidine groups is 1. The van der Waals surface area contributed by atoms with Crippen molar-refractivity contribution in [3.05, 3.63) is 41.6 Å². The van der Waals surface area contributed by atoms with Gasteiger partial charge >= 0.3 is 0 Å². The maximum absolute atomic E-state index is 5.70. The summed E-state index contributed by atoms with van der Waals surface area (Å²) in [7, 11) is 1.82. The Kier molecular flexibility index (Phi) is 9.48. The molecule has 0 saturated carbocycles. The zero-order valence-corrected chi connectivity index (χ0v) is 20.3. The smallest absolute Gasteiger partial charge is 0.191 e. The van der Waals surface area contributed by atoms with Crippen LogP contribution in [-0.4, -0.2) is 53.9 Å². The number of hydrogen-bond acceptors (Lipinski definition) is 4. The fourth-order valence-corrected chi connectivity index (χ4v) is 3.85. The predicted octanol–water partition coefficient (Wildman–Crippen LogP) is 3.35. The highest BCUT2D eigenvalue weighted by molar-refractivity contribution is 14.0. The third-order valence-corrected chi connectivity index (χ3v) is 5.35. The molecule has 3 heterocycles. The lowest BCUT2D eigenvalue weighted by Gasteiger charge is -2.27. The number of likely N-dealkylation sites (tertiary alicyclic amines) is 1. The van der Waals surface area contributed by atoms with E-state index in [-0.39, 0.29) is 30.0 Å². The molecule has 1 saturated heterocycles. The van der Waals surface area contributed by atoms with Crippen molar-refractivity contribution in [2.75, 3.05) is 33.2 Å². The van der Waals surface area contributed by atoms with Crippen LogP contribution in [0.5, 0.6) is 0 Å². The lowest BCUT2D eigenvalue weighted by atomic mass is 10.2. The summed E-state index contributed by atoms with van der Waals surface area (Å²) in [5, 5.41) is 11.5. The van der Waals surface area contributed by atoms with Crippen molar-refractivity contribution in [3.63, 3.8) is 0 Å². The number of aromatic nitrogens is 2. The summed E-state index contributed by atoms with van der Waals surface area (Å²) in [5.74, 6) is 2.29. The molecule has 2 aromatic rings. The Hall–Kier alpha value is -1.55. The average molecular weight is 514 g/mol. The monoisotopic (exact) mass is 514 g/mol. The molecular formula is C21H35IN6O. The lowest BCUT2D eigenvalue weighted by molar-refractivity contribution is 0.215. The summed E-state index contributed by atoms with van der Waals surface area (Å²) in [6.07, 6.45) is 4.27. The third kappa shape index (κ3) is 6.74.